The van der Waals surface area contributed by atoms with E-state index in [0.29, 0.717) is 11.8 Å². The van der Waals surface area contributed by atoms with Crippen molar-refractivity contribution in [2.45, 2.75) is 25.7 Å². The second-order valence-corrected chi connectivity index (χ2v) is 5.63. The molecule has 0 atom stereocenters. The van der Waals surface area contributed by atoms with Gasteiger partial charge in [-0.15, -0.1) is 0 Å². The number of oxime groups is 1. The van der Waals surface area contributed by atoms with Gasteiger partial charge in [0.15, 0.2) is 5.17 Å². The Morgan fingerprint density at radius 2 is 1.95 bits per heavy atom. The monoisotopic (exact) mass is 306 g/mol. The van der Waals surface area contributed by atoms with Crippen molar-refractivity contribution < 1.29 is 4.84 Å². The van der Waals surface area contributed by atoms with E-state index in [-0.39, 0.29) is 0 Å². The van der Waals surface area contributed by atoms with E-state index in [2.05, 4.69) is 10.1 Å². The fourth-order valence-corrected chi connectivity index (χ4v) is 2.51. The molecule has 3 nitrogen and oxygen atoms in total. The van der Waals surface area contributed by atoms with Crippen LogP contribution in [0.2, 0.25) is 0 Å². The summed E-state index contributed by atoms with van der Waals surface area (Å²) >= 11 is 5.99. The molecule has 1 aromatic carbocycles. The minimum Gasteiger partial charge on any atom is -0.395 e. The molecule has 0 N–H and O–H groups in total. The van der Waals surface area contributed by atoms with Gasteiger partial charge in [0.05, 0.1) is 0 Å². The standard InChI is InChI=1S/C17H23ClN2O/c18-17(11-10-16-8-3-1-4-9-16)19-21-15-7-14-20-12-5-2-6-13-20/h1,3-4,8-11H,2,5-7,12-15H2. The van der Waals surface area contributed by atoms with Crippen LogP contribution in [0.5, 0.6) is 0 Å². The van der Waals surface area contributed by atoms with Crippen LogP contribution in [0.3, 0.4) is 0 Å². The molecule has 1 fully saturated rings. The summed E-state index contributed by atoms with van der Waals surface area (Å²) in [5.41, 5.74) is 1.09. The summed E-state index contributed by atoms with van der Waals surface area (Å²) in [5, 5.41) is 4.27. The van der Waals surface area contributed by atoms with Crippen molar-refractivity contribution in [1.29, 1.82) is 0 Å². The lowest BCUT2D eigenvalue weighted by molar-refractivity contribution is 0.125. The molecule has 2 rings (SSSR count). The van der Waals surface area contributed by atoms with Gasteiger partial charge in [-0.1, -0.05) is 59.6 Å². The first-order valence-electron chi connectivity index (χ1n) is 7.65. The summed E-state index contributed by atoms with van der Waals surface area (Å²) in [6.45, 7) is 4.16. The van der Waals surface area contributed by atoms with Crippen LogP contribution in [0.1, 0.15) is 31.2 Å². The molecular weight excluding hydrogens is 284 g/mol. The number of rotatable bonds is 7. The van der Waals surface area contributed by atoms with Gasteiger partial charge in [0, 0.05) is 6.54 Å². The van der Waals surface area contributed by atoms with Gasteiger partial charge in [-0.3, -0.25) is 0 Å². The molecule has 0 saturated carbocycles. The van der Waals surface area contributed by atoms with Crippen molar-refractivity contribution in [2.24, 2.45) is 5.16 Å². The lowest BCUT2D eigenvalue weighted by atomic mass is 10.1. The number of piperidine rings is 1. The highest BCUT2D eigenvalue weighted by molar-refractivity contribution is 6.68. The van der Waals surface area contributed by atoms with Gasteiger partial charge >= 0.3 is 0 Å². The molecule has 0 spiro atoms. The van der Waals surface area contributed by atoms with Crippen molar-refractivity contribution in [2.75, 3.05) is 26.2 Å². The van der Waals surface area contributed by atoms with Crippen molar-refractivity contribution in [3.8, 4) is 0 Å². The van der Waals surface area contributed by atoms with Crippen LogP contribution in [0.25, 0.3) is 6.08 Å². The van der Waals surface area contributed by atoms with Gasteiger partial charge in [0.1, 0.15) is 6.61 Å². The molecule has 0 bridgehead atoms. The summed E-state index contributed by atoms with van der Waals surface area (Å²) in [6.07, 6.45) is 8.70. The number of allylic oxidation sites excluding steroid dienone is 1. The summed E-state index contributed by atoms with van der Waals surface area (Å²) < 4.78 is 0. The molecule has 0 unspecified atom stereocenters. The maximum absolute atomic E-state index is 5.99. The minimum absolute atomic E-state index is 0.372. The van der Waals surface area contributed by atoms with E-state index in [0.717, 1.165) is 18.5 Å². The highest BCUT2D eigenvalue weighted by Gasteiger charge is 2.08. The van der Waals surface area contributed by atoms with Crippen LogP contribution in [0, 0.1) is 0 Å². The number of nitrogens with zero attached hydrogens (tertiary/aromatic N) is 2. The molecule has 1 aliphatic rings. The zero-order chi connectivity index (χ0) is 14.8. The molecule has 1 aliphatic heterocycles. The molecule has 4 heteroatoms. The van der Waals surface area contributed by atoms with E-state index in [1.807, 2.05) is 36.4 Å². The van der Waals surface area contributed by atoms with E-state index in [9.17, 15) is 0 Å². The number of halogens is 1. The lowest BCUT2D eigenvalue weighted by Crippen LogP contribution is -2.31. The summed E-state index contributed by atoms with van der Waals surface area (Å²) in [4.78, 5) is 7.75. The highest BCUT2D eigenvalue weighted by Crippen LogP contribution is 2.08. The predicted molar refractivity (Wildman–Crippen MR) is 89.6 cm³/mol. The Kier molecular flexibility index (Phi) is 7.33. The van der Waals surface area contributed by atoms with Gasteiger partial charge in [-0.2, -0.15) is 0 Å². The van der Waals surface area contributed by atoms with Crippen LogP contribution in [-0.2, 0) is 4.84 Å². The fourth-order valence-electron chi connectivity index (χ4n) is 2.40. The average molecular weight is 307 g/mol. The Hall–Kier alpha value is -1.32. The third-order valence-corrected chi connectivity index (χ3v) is 3.72. The first-order valence-corrected chi connectivity index (χ1v) is 8.03. The summed E-state index contributed by atoms with van der Waals surface area (Å²) in [5.74, 6) is 0. The summed E-state index contributed by atoms with van der Waals surface area (Å²) in [6, 6.07) is 9.99. The molecule has 1 saturated heterocycles. The number of hydrogen-bond acceptors (Lipinski definition) is 3. The second-order valence-electron chi connectivity index (χ2n) is 5.25. The maximum Gasteiger partial charge on any atom is 0.168 e. The molecule has 114 valence electrons. The quantitative estimate of drug-likeness (QED) is 0.429. The number of hydrogen-bond donors (Lipinski definition) is 0. The molecule has 0 aliphatic carbocycles. The Labute approximate surface area is 132 Å². The van der Waals surface area contributed by atoms with Gasteiger partial charge < -0.3 is 9.74 Å². The maximum atomic E-state index is 5.99. The van der Waals surface area contributed by atoms with Gasteiger partial charge in [0.25, 0.3) is 0 Å². The molecular formula is C17H23ClN2O. The van der Waals surface area contributed by atoms with E-state index < -0.39 is 0 Å². The normalized spacial score (nSPS) is 17.3. The van der Waals surface area contributed by atoms with E-state index in [1.165, 1.54) is 32.4 Å². The highest BCUT2D eigenvalue weighted by atomic mass is 35.5. The van der Waals surface area contributed by atoms with Crippen LogP contribution in [0.4, 0.5) is 0 Å². The Morgan fingerprint density at radius 1 is 1.19 bits per heavy atom. The van der Waals surface area contributed by atoms with Crippen molar-refractivity contribution >= 4 is 22.8 Å². The zero-order valence-corrected chi connectivity index (χ0v) is 13.1. The minimum atomic E-state index is 0.372. The third-order valence-electron chi connectivity index (χ3n) is 3.52. The number of benzene rings is 1. The first kappa shape index (κ1) is 16.1. The van der Waals surface area contributed by atoms with Gasteiger partial charge in [-0.25, -0.2) is 0 Å². The number of likely N-dealkylation sites (tertiary alicyclic amines) is 1. The van der Waals surface area contributed by atoms with E-state index in [4.69, 9.17) is 16.4 Å². The smallest absolute Gasteiger partial charge is 0.168 e. The van der Waals surface area contributed by atoms with E-state index in [1.54, 1.807) is 6.08 Å². The molecule has 0 amide bonds. The molecule has 0 aromatic heterocycles. The molecule has 1 heterocycles. The van der Waals surface area contributed by atoms with Crippen LogP contribution < -0.4 is 0 Å². The first-order chi connectivity index (χ1) is 10.3. The van der Waals surface area contributed by atoms with Crippen LogP contribution in [-0.4, -0.2) is 36.3 Å². The third kappa shape index (κ3) is 6.78. The Bertz CT molecular complexity index is 453. The lowest BCUT2D eigenvalue weighted by Gasteiger charge is -2.25. The summed E-state index contributed by atoms with van der Waals surface area (Å²) in [7, 11) is 0. The fraction of sp³-hybridized carbons (Fsp3) is 0.471. The van der Waals surface area contributed by atoms with E-state index >= 15 is 0 Å². The Balaban J connectivity index is 1.61. The van der Waals surface area contributed by atoms with Crippen LogP contribution >= 0.6 is 11.6 Å². The van der Waals surface area contributed by atoms with Gasteiger partial charge in [0.2, 0.25) is 0 Å². The SMILES string of the molecule is ClC(C=Cc1ccccc1)=NOCCCN1CCCCC1. The largest absolute Gasteiger partial charge is 0.395 e. The average Bonchev–Trinajstić information content (AvgIpc) is 2.54. The topological polar surface area (TPSA) is 24.8 Å². The van der Waals surface area contributed by atoms with Gasteiger partial charge in [-0.05, 0) is 44.0 Å². The molecule has 1 aromatic rings. The predicted octanol–water partition coefficient (Wildman–Crippen LogP) is 4.14. The Morgan fingerprint density at radius 3 is 2.71 bits per heavy atom. The van der Waals surface area contributed by atoms with Crippen molar-refractivity contribution in [3.05, 3.63) is 42.0 Å². The van der Waals surface area contributed by atoms with Crippen LogP contribution in [0.15, 0.2) is 41.6 Å². The molecule has 0 radical (unpaired) electrons. The second kappa shape index (κ2) is 9.59. The zero-order valence-electron chi connectivity index (χ0n) is 12.4. The van der Waals surface area contributed by atoms with Crippen molar-refractivity contribution in [1.82, 2.24) is 4.90 Å². The van der Waals surface area contributed by atoms with Crippen molar-refractivity contribution in [3.63, 3.8) is 0 Å². The molecule has 21 heavy (non-hydrogen) atoms.